The Labute approximate surface area is 123 Å². The van der Waals surface area contributed by atoms with Crippen molar-refractivity contribution >= 4 is 18.0 Å². The molecule has 0 aliphatic carbocycles. The largest absolute Gasteiger partial charge is 0.481 e. The summed E-state index contributed by atoms with van der Waals surface area (Å²) in [6.45, 7) is 2.18. The molecule has 2 saturated heterocycles. The molecule has 2 amide bonds. The van der Waals surface area contributed by atoms with E-state index in [1.54, 1.807) is 9.80 Å². The summed E-state index contributed by atoms with van der Waals surface area (Å²) in [6, 6.07) is -0.0461. The number of methoxy groups -OCH3 is 1. The highest BCUT2D eigenvalue weighted by Crippen LogP contribution is 2.24. The molecule has 0 saturated carbocycles. The number of amides is 2. The van der Waals surface area contributed by atoms with Gasteiger partial charge in [0.05, 0.1) is 13.0 Å². The summed E-state index contributed by atoms with van der Waals surface area (Å²) < 4.78 is 4.71. The Morgan fingerprint density at radius 1 is 1.10 bits per heavy atom. The van der Waals surface area contributed by atoms with Crippen molar-refractivity contribution in [3.05, 3.63) is 0 Å². The summed E-state index contributed by atoms with van der Waals surface area (Å²) >= 11 is 0. The predicted molar refractivity (Wildman–Crippen MR) is 73.6 cm³/mol. The molecule has 118 valence electrons. The van der Waals surface area contributed by atoms with Crippen LogP contribution in [0.15, 0.2) is 0 Å². The Kier molecular flexibility index (Phi) is 5.03. The molecule has 2 rings (SSSR count). The van der Waals surface area contributed by atoms with Gasteiger partial charge in [-0.25, -0.2) is 4.79 Å². The second-order valence-electron chi connectivity index (χ2n) is 5.77. The number of rotatable bonds is 3. The van der Waals surface area contributed by atoms with Crippen molar-refractivity contribution in [1.82, 2.24) is 9.80 Å². The zero-order valence-corrected chi connectivity index (χ0v) is 12.3. The van der Waals surface area contributed by atoms with E-state index in [4.69, 9.17) is 9.84 Å². The van der Waals surface area contributed by atoms with E-state index in [9.17, 15) is 14.4 Å². The molecule has 7 nitrogen and oxygen atoms in total. The molecule has 2 aliphatic rings. The fraction of sp³-hybridized carbons (Fsp3) is 0.786. The third-order valence-electron chi connectivity index (χ3n) is 4.34. The monoisotopic (exact) mass is 298 g/mol. The highest BCUT2D eigenvalue weighted by molar-refractivity contribution is 5.78. The standard InChI is InChI=1S/C14H22N2O5/c1-21-13(19)11-4-7-16(9-11)14(20)15-5-2-10(3-6-15)8-12(17)18/h10-11H,2-9H2,1H3,(H,17,18). The second kappa shape index (κ2) is 6.78. The summed E-state index contributed by atoms with van der Waals surface area (Å²) in [4.78, 5) is 38.0. The topological polar surface area (TPSA) is 87.2 Å². The summed E-state index contributed by atoms with van der Waals surface area (Å²) in [6.07, 6.45) is 2.28. The van der Waals surface area contributed by atoms with Crippen LogP contribution in [0, 0.1) is 11.8 Å². The lowest BCUT2D eigenvalue weighted by Gasteiger charge is -2.34. The lowest BCUT2D eigenvalue weighted by Crippen LogP contribution is -2.46. The average Bonchev–Trinajstić information content (AvgIpc) is 2.95. The van der Waals surface area contributed by atoms with Crippen LogP contribution in [0.4, 0.5) is 4.79 Å². The molecule has 0 bridgehead atoms. The third-order valence-corrected chi connectivity index (χ3v) is 4.34. The number of ether oxygens (including phenoxy) is 1. The van der Waals surface area contributed by atoms with Crippen LogP contribution in [0.1, 0.15) is 25.7 Å². The number of hydrogen-bond donors (Lipinski definition) is 1. The molecule has 2 heterocycles. The first-order valence-corrected chi connectivity index (χ1v) is 7.34. The second-order valence-corrected chi connectivity index (χ2v) is 5.77. The Morgan fingerprint density at radius 3 is 2.29 bits per heavy atom. The number of carbonyl (C=O) groups is 3. The lowest BCUT2D eigenvalue weighted by atomic mass is 9.94. The smallest absolute Gasteiger partial charge is 0.320 e. The number of esters is 1. The molecule has 1 unspecified atom stereocenters. The molecule has 0 aromatic carbocycles. The number of likely N-dealkylation sites (tertiary alicyclic amines) is 2. The molecular formula is C14H22N2O5. The maximum atomic E-state index is 12.4. The van der Waals surface area contributed by atoms with Crippen molar-refractivity contribution < 1.29 is 24.2 Å². The fourth-order valence-corrected chi connectivity index (χ4v) is 3.07. The van der Waals surface area contributed by atoms with Gasteiger partial charge in [0.1, 0.15) is 0 Å². The number of urea groups is 1. The van der Waals surface area contributed by atoms with Crippen molar-refractivity contribution in [3.8, 4) is 0 Å². The van der Waals surface area contributed by atoms with Crippen LogP contribution in [-0.2, 0) is 14.3 Å². The minimum atomic E-state index is -0.778. The number of piperidine rings is 1. The Hall–Kier alpha value is -1.79. The molecule has 0 aromatic heterocycles. The van der Waals surface area contributed by atoms with Gasteiger partial charge in [-0.05, 0) is 25.2 Å². The number of hydrogen-bond acceptors (Lipinski definition) is 4. The maximum absolute atomic E-state index is 12.4. The van der Waals surface area contributed by atoms with Crippen LogP contribution >= 0.6 is 0 Å². The van der Waals surface area contributed by atoms with Gasteiger partial charge in [-0.3, -0.25) is 9.59 Å². The van der Waals surface area contributed by atoms with E-state index in [1.807, 2.05) is 0 Å². The highest BCUT2D eigenvalue weighted by atomic mass is 16.5. The highest BCUT2D eigenvalue weighted by Gasteiger charge is 2.34. The van der Waals surface area contributed by atoms with Crippen LogP contribution in [0.2, 0.25) is 0 Å². The van der Waals surface area contributed by atoms with Gasteiger partial charge in [0.25, 0.3) is 0 Å². The van der Waals surface area contributed by atoms with Crippen molar-refractivity contribution in [2.75, 3.05) is 33.3 Å². The lowest BCUT2D eigenvalue weighted by molar-refractivity contribution is -0.144. The first kappa shape index (κ1) is 15.6. The van der Waals surface area contributed by atoms with Gasteiger partial charge in [-0.1, -0.05) is 0 Å². The zero-order chi connectivity index (χ0) is 15.4. The molecule has 7 heteroatoms. The van der Waals surface area contributed by atoms with E-state index in [1.165, 1.54) is 7.11 Å². The quantitative estimate of drug-likeness (QED) is 0.778. The SMILES string of the molecule is COC(=O)C1CCN(C(=O)N2CCC(CC(=O)O)CC2)C1. The Balaban J connectivity index is 1.80. The van der Waals surface area contributed by atoms with Crippen molar-refractivity contribution in [1.29, 1.82) is 0 Å². The fourth-order valence-electron chi connectivity index (χ4n) is 3.07. The molecule has 1 atom stereocenters. The third kappa shape index (κ3) is 3.86. The van der Waals surface area contributed by atoms with Gasteiger partial charge in [0.2, 0.25) is 0 Å². The van der Waals surface area contributed by atoms with Gasteiger partial charge in [0.15, 0.2) is 0 Å². The van der Waals surface area contributed by atoms with Gasteiger partial charge in [-0.2, -0.15) is 0 Å². The van der Waals surface area contributed by atoms with Crippen LogP contribution in [0.3, 0.4) is 0 Å². The van der Waals surface area contributed by atoms with E-state index in [2.05, 4.69) is 0 Å². The molecular weight excluding hydrogens is 276 g/mol. The number of carboxylic acids is 1. The van der Waals surface area contributed by atoms with Crippen molar-refractivity contribution in [2.24, 2.45) is 11.8 Å². The van der Waals surface area contributed by atoms with E-state index < -0.39 is 5.97 Å². The summed E-state index contributed by atoms with van der Waals surface area (Å²) in [7, 11) is 1.36. The average molecular weight is 298 g/mol. The minimum absolute atomic E-state index is 0.0461. The van der Waals surface area contributed by atoms with Crippen molar-refractivity contribution in [3.63, 3.8) is 0 Å². The van der Waals surface area contributed by atoms with Gasteiger partial charge >= 0.3 is 18.0 Å². The minimum Gasteiger partial charge on any atom is -0.481 e. The summed E-state index contributed by atoms with van der Waals surface area (Å²) in [5.74, 6) is -1.10. The van der Waals surface area contributed by atoms with Crippen molar-refractivity contribution in [2.45, 2.75) is 25.7 Å². The van der Waals surface area contributed by atoms with Crippen LogP contribution in [-0.4, -0.2) is 66.2 Å². The molecule has 0 radical (unpaired) electrons. The molecule has 0 aromatic rings. The normalized spacial score (nSPS) is 23.2. The van der Waals surface area contributed by atoms with E-state index in [-0.39, 0.29) is 30.3 Å². The predicted octanol–water partition coefficient (Wildman–Crippen LogP) is 0.788. The summed E-state index contributed by atoms with van der Waals surface area (Å²) in [5, 5.41) is 8.79. The number of carboxylic acid groups (broad SMARTS) is 1. The molecule has 0 spiro atoms. The van der Waals surface area contributed by atoms with Gasteiger partial charge < -0.3 is 19.6 Å². The first-order valence-electron chi connectivity index (χ1n) is 7.34. The van der Waals surface area contributed by atoms with Crippen LogP contribution < -0.4 is 0 Å². The molecule has 1 N–H and O–H groups in total. The number of nitrogens with zero attached hydrogens (tertiary/aromatic N) is 2. The van der Waals surface area contributed by atoms with E-state index in [0.29, 0.717) is 32.6 Å². The van der Waals surface area contributed by atoms with Crippen LogP contribution in [0.5, 0.6) is 0 Å². The summed E-state index contributed by atoms with van der Waals surface area (Å²) in [5.41, 5.74) is 0. The van der Waals surface area contributed by atoms with Crippen LogP contribution in [0.25, 0.3) is 0 Å². The number of carbonyl (C=O) groups excluding carboxylic acids is 2. The van der Waals surface area contributed by atoms with Gasteiger partial charge in [-0.15, -0.1) is 0 Å². The van der Waals surface area contributed by atoms with E-state index in [0.717, 1.165) is 12.8 Å². The molecule has 2 fully saturated rings. The first-order chi connectivity index (χ1) is 10.0. The molecule has 2 aliphatic heterocycles. The Morgan fingerprint density at radius 2 is 1.71 bits per heavy atom. The Bertz CT molecular complexity index is 418. The zero-order valence-electron chi connectivity index (χ0n) is 12.3. The van der Waals surface area contributed by atoms with E-state index >= 15 is 0 Å². The molecule has 21 heavy (non-hydrogen) atoms. The number of aliphatic carboxylic acids is 1. The van der Waals surface area contributed by atoms with Gasteiger partial charge in [0, 0.05) is 32.6 Å². The maximum Gasteiger partial charge on any atom is 0.320 e.